The van der Waals surface area contributed by atoms with E-state index in [0.717, 1.165) is 31.4 Å². The summed E-state index contributed by atoms with van der Waals surface area (Å²) >= 11 is 0. The van der Waals surface area contributed by atoms with Crippen LogP contribution in [0.1, 0.15) is 38.7 Å². The van der Waals surface area contributed by atoms with Gasteiger partial charge in [0.2, 0.25) is 5.91 Å². The number of nitrogens with two attached hydrogens (primary N) is 1. The molecule has 104 valence electrons. The van der Waals surface area contributed by atoms with Gasteiger partial charge in [0.15, 0.2) is 0 Å². The Labute approximate surface area is 115 Å². The molecular formula is C16H24N2O. The minimum atomic E-state index is -0.384. The van der Waals surface area contributed by atoms with Crippen LogP contribution in [0.15, 0.2) is 30.3 Å². The maximum atomic E-state index is 12.9. The van der Waals surface area contributed by atoms with Gasteiger partial charge in [0.1, 0.15) is 0 Å². The van der Waals surface area contributed by atoms with Crippen molar-refractivity contribution in [3.05, 3.63) is 35.9 Å². The summed E-state index contributed by atoms with van der Waals surface area (Å²) in [7, 11) is 0. The molecule has 1 fully saturated rings. The van der Waals surface area contributed by atoms with Crippen LogP contribution in [0.2, 0.25) is 0 Å². The van der Waals surface area contributed by atoms with Gasteiger partial charge < -0.3 is 10.6 Å². The molecule has 3 nitrogen and oxygen atoms in total. The van der Waals surface area contributed by atoms with Gasteiger partial charge in [-0.15, -0.1) is 0 Å². The van der Waals surface area contributed by atoms with E-state index in [4.69, 9.17) is 5.73 Å². The molecule has 1 aliphatic heterocycles. The Morgan fingerprint density at radius 2 is 1.95 bits per heavy atom. The van der Waals surface area contributed by atoms with Crippen LogP contribution < -0.4 is 5.73 Å². The molecule has 0 radical (unpaired) electrons. The minimum Gasteiger partial charge on any atom is -0.340 e. The van der Waals surface area contributed by atoms with E-state index < -0.39 is 0 Å². The summed E-state index contributed by atoms with van der Waals surface area (Å²) in [6, 6.07) is 10.3. The van der Waals surface area contributed by atoms with Crippen molar-refractivity contribution in [2.24, 2.45) is 5.73 Å². The number of nitrogens with zero attached hydrogens (tertiary/aromatic N) is 1. The molecule has 1 saturated heterocycles. The van der Waals surface area contributed by atoms with Crippen LogP contribution in [0.3, 0.4) is 0 Å². The van der Waals surface area contributed by atoms with Crippen molar-refractivity contribution in [1.29, 1.82) is 0 Å². The highest BCUT2D eigenvalue weighted by molar-refractivity contribution is 5.88. The Morgan fingerprint density at radius 1 is 1.32 bits per heavy atom. The first-order valence-corrected chi connectivity index (χ1v) is 7.24. The molecule has 1 atom stereocenters. The number of benzene rings is 1. The largest absolute Gasteiger partial charge is 0.340 e. The highest BCUT2D eigenvalue weighted by Crippen LogP contribution is 2.34. The number of amides is 1. The molecule has 1 aliphatic rings. The zero-order valence-corrected chi connectivity index (χ0v) is 11.9. The summed E-state index contributed by atoms with van der Waals surface area (Å²) in [5.41, 5.74) is 6.68. The molecule has 0 unspecified atom stereocenters. The van der Waals surface area contributed by atoms with Crippen molar-refractivity contribution in [3.8, 4) is 0 Å². The Kier molecular flexibility index (Phi) is 4.25. The third-order valence-corrected chi connectivity index (χ3v) is 4.45. The van der Waals surface area contributed by atoms with Crippen LogP contribution in [0.25, 0.3) is 0 Å². The fraction of sp³-hybridized carbons (Fsp3) is 0.562. The molecule has 0 aromatic heterocycles. The van der Waals surface area contributed by atoms with Crippen molar-refractivity contribution in [2.45, 2.75) is 44.6 Å². The van der Waals surface area contributed by atoms with Gasteiger partial charge in [-0.2, -0.15) is 0 Å². The SMILES string of the molecule is CCC(CC)(C(=O)N1CC[C@@H](N)C1)c1ccccc1. The molecule has 2 rings (SSSR count). The molecular weight excluding hydrogens is 236 g/mol. The molecule has 1 aromatic carbocycles. The summed E-state index contributed by atoms with van der Waals surface area (Å²) in [6.45, 7) is 5.71. The molecule has 0 spiro atoms. The summed E-state index contributed by atoms with van der Waals surface area (Å²) in [6.07, 6.45) is 2.58. The molecule has 1 amide bonds. The number of carbonyl (C=O) groups excluding carboxylic acids is 1. The summed E-state index contributed by atoms with van der Waals surface area (Å²) in [4.78, 5) is 14.9. The lowest BCUT2D eigenvalue weighted by Gasteiger charge is -2.35. The van der Waals surface area contributed by atoms with Gasteiger partial charge in [0.25, 0.3) is 0 Å². The van der Waals surface area contributed by atoms with E-state index in [9.17, 15) is 4.79 Å². The highest BCUT2D eigenvalue weighted by Gasteiger charge is 2.41. The summed E-state index contributed by atoms with van der Waals surface area (Å²) < 4.78 is 0. The third-order valence-electron chi connectivity index (χ3n) is 4.45. The average molecular weight is 260 g/mol. The second-order valence-corrected chi connectivity index (χ2v) is 5.46. The zero-order valence-electron chi connectivity index (χ0n) is 11.9. The molecule has 2 N–H and O–H groups in total. The van der Waals surface area contributed by atoms with E-state index in [2.05, 4.69) is 26.0 Å². The molecule has 0 bridgehead atoms. The maximum Gasteiger partial charge on any atom is 0.233 e. The average Bonchev–Trinajstić information content (AvgIpc) is 2.88. The summed E-state index contributed by atoms with van der Waals surface area (Å²) in [5.74, 6) is 0.247. The van der Waals surface area contributed by atoms with Crippen molar-refractivity contribution < 1.29 is 4.79 Å². The topological polar surface area (TPSA) is 46.3 Å². The molecule has 0 aliphatic carbocycles. The smallest absolute Gasteiger partial charge is 0.233 e. The van der Waals surface area contributed by atoms with E-state index >= 15 is 0 Å². The Bertz CT molecular complexity index is 426. The Balaban J connectivity index is 2.31. The van der Waals surface area contributed by atoms with Gasteiger partial charge in [-0.3, -0.25) is 4.79 Å². The second kappa shape index (κ2) is 5.74. The first kappa shape index (κ1) is 14.1. The number of rotatable bonds is 4. The van der Waals surface area contributed by atoms with Crippen LogP contribution in [0, 0.1) is 0 Å². The number of likely N-dealkylation sites (tertiary alicyclic amines) is 1. The lowest BCUT2D eigenvalue weighted by molar-refractivity contribution is -0.136. The lowest BCUT2D eigenvalue weighted by atomic mass is 9.74. The van der Waals surface area contributed by atoms with Gasteiger partial charge in [-0.1, -0.05) is 44.2 Å². The van der Waals surface area contributed by atoms with E-state index in [1.165, 1.54) is 0 Å². The Hall–Kier alpha value is -1.35. The quantitative estimate of drug-likeness (QED) is 0.903. The van der Waals surface area contributed by atoms with Crippen LogP contribution in [0.5, 0.6) is 0 Å². The molecule has 0 saturated carbocycles. The van der Waals surface area contributed by atoms with Gasteiger partial charge in [0, 0.05) is 19.1 Å². The summed E-state index contributed by atoms with van der Waals surface area (Å²) in [5, 5.41) is 0. The first-order valence-electron chi connectivity index (χ1n) is 7.24. The molecule has 3 heteroatoms. The number of carbonyl (C=O) groups is 1. The van der Waals surface area contributed by atoms with Crippen LogP contribution in [-0.4, -0.2) is 29.9 Å². The predicted molar refractivity (Wildman–Crippen MR) is 77.9 cm³/mol. The maximum absolute atomic E-state index is 12.9. The van der Waals surface area contributed by atoms with Gasteiger partial charge in [-0.25, -0.2) is 0 Å². The monoisotopic (exact) mass is 260 g/mol. The molecule has 19 heavy (non-hydrogen) atoms. The fourth-order valence-corrected chi connectivity index (χ4v) is 3.12. The molecule has 1 aromatic rings. The zero-order chi connectivity index (χ0) is 13.9. The van der Waals surface area contributed by atoms with Crippen molar-refractivity contribution >= 4 is 5.91 Å². The highest BCUT2D eigenvalue weighted by atomic mass is 16.2. The standard InChI is InChI=1S/C16H24N2O/c1-3-16(4-2,13-8-6-5-7-9-13)15(19)18-11-10-14(17)12-18/h5-9,14H,3-4,10-12,17H2,1-2H3/t14-/m1/s1. The van der Waals surface area contributed by atoms with Gasteiger partial charge in [-0.05, 0) is 24.8 Å². The lowest BCUT2D eigenvalue weighted by Crippen LogP contribution is -2.46. The number of hydrogen-bond donors (Lipinski definition) is 1. The van der Waals surface area contributed by atoms with Crippen LogP contribution >= 0.6 is 0 Å². The fourth-order valence-electron chi connectivity index (χ4n) is 3.12. The third kappa shape index (κ3) is 2.52. The van der Waals surface area contributed by atoms with E-state index in [1.807, 2.05) is 23.1 Å². The van der Waals surface area contributed by atoms with E-state index in [0.29, 0.717) is 6.54 Å². The van der Waals surface area contributed by atoms with Crippen molar-refractivity contribution in [2.75, 3.05) is 13.1 Å². The van der Waals surface area contributed by atoms with Gasteiger partial charge >= 0.3 is 0 Å². The normalized spacial score (nSPS) is 19.7. The first-order chi connectivity index (χ1) is 9.14. The number of hydrogen-bond acceptors (Lipinski definition) is 2. The second-order valence-electron chi connectivity index (χ2n) is 5.46. The van der Waals surface area contributed by atoms with Crippen molar-refractivity contribution in [1.82, 2.24) is 4.90 Å². The van der Waals surface area contributed by atoms with E-state index in [-0.39, 0.29) is 17.4 Å². The van der Waals surface area contributed by atoms with Crippen molar-refractivity contribution in [3.63, 3.8) is 0 Å². The Morgan fingerprint density at radius 3 is 2.42 bits per heavy atom. The molecule has 1 heterocycles. The van der Waals surface area contributed by atoms with Crippen LogP contribution in [0.4, 0.5) is 0 Å². The minimum absolute atomic E-state index is 0.145. The van der Waals surface area contributed by atoms with Crippen LogP contribution in [-0.2, 0) is 10.2 Å². The van der Waals surface area contributed by atoms with E-state index in [1.54, 1.807) is 0 Å². The van der Waals surface area contributed by atoms with Gasteiger partial charge in [0.05, 0.1) is 5.41 Å². The predicted octanol–water partition coefficient (Wildman–Crippen LogP) is 2.30.